The van der Waals surface area contributed by atoms with Crippen molar-refractivity contribution in [2.45, 2.75) is 26.2 Å². The van der Waals surface area contributed by atoms with Crippen LogP contribution in [0, 0.1) is 11.8 Å². The molecule has 2 N–H and O–H groups in total. The van der Waals surface area contributed by atoms with Crippen LogP contribution < -0.4 is 15.8 Å². The molecule has 12 heteroatoms. The summed E-state index contributed by atoms with van der Waals surface area (Å²) in [5.41, 5.74) is 1.49. The highest BCUT2D eigenvalue weighted by Gasteiger charge is 2.38. The number of rotatable bonds is 5. The molecule has 1 fully saturated rings. The van der Waals surface area contributed by atoms with Gasteiger partial charge in [-0.25, -0.2) is 9.78 Å². The Kier molecular flexibility index (Phi) is 8.50. The van der Waals surface area contributed by atoms with Crippen LogP contribution in [0.5, 0.6) is 0 Å². The number of fused-ring (bicyclic) bond motifs is 1. The lowest BCUT2D eigenvalue weighted by molar-refractivity contribution is -0.192. The second-order valence-corrected chi connectivity index (χ2v) is 7.74. The molecule has 3 aromatic rings. The lowest BCUT2D eigenvalue weighted by Gasteiger charge is -2.28. The van der Waals surface area contributed by atoms with Crippen LogP contribution in [0.25, 0.3) is 11.0 Å². The number of benzene rings is 1. The van der Waals surface area contributed by atoms with Crippen molar-refractivity contribution >= 4 is 28.7 Å². The van der Waals surface area contributed by atoms with E-state index in [-0.39, 0.29) is 17.9 Å². The van der Waals surface area contributed by atoms with Gasteiger partial charge in [-0.05, 0) is 13.0 Å². The summed E-state index contributed by atoms with van der Waals surface area (Å²) >= 11 is 0. The van der Waals surface area contributed by atoms with Crippen LogP contribution in [0.4, 0.5) is 19.1 Å². The third-order valence-corrected chi connectivity index (χ3v) is 5.32. The first kappa shape index (κ1) is 26.5. The van der Waals surface area contributed by atoms with Crippen LogP contribution >= 0.6 is 0 Å². The number of hydrogen-bond acceptors (Lipinski definition) is 6. The van der Waals surface area contributed by atoms with Gasteiger partial charge in [0, 0.05) is 37.9 Å². The largest absolute Gasteiger partial charge is 0.490 e. The average molecular weight is 503 g/mol. The average Bonchev–Trinajstić information content (AvgIpc) is 3.24. The number of carbonyl (C=O) groups is 2. The fourth-order valence-electron chi connectivity index (χ4n) is 3.57. The maximum absolute atomic E-state index is 13.2. The number of piperazine rings is 1. The number of anilines is 1. The highest BCUT2D eigenvalue weighted by atomic mass is 19.4. The Hall–Kier alpha value is -4.11. The summed E-state index contributed by atoms with van der Waals surface area (Å²) in [4.78, 5) is 41.6. The number of imidazole rings is 1. The molecule has 1 saturated heterocycles. The molecule has 9 nitrogen and oxygen atoms in total. The van der Waals surface area contributed by atoms with Crippen LogP contribution in [0.15, 0.2) is 47.4 Å². The molecule has 1 aliphatic rings. The monoisotopic (exact) mass is 503 g/mol. The van der Waals surface area contributed by atoms with Crippen molar-refractivity contribution in [3.8, 4) is 11.8 Å². The van der Waals surface area contributed by atoms with Crippen molar-refractivity contribution in [1.82, 2.24) is 19.4 Å². The number of pyridine rings is 1. The normalized spacial score (nSPS) is 13.4. The van der Waals surface area contributed by atoms with E-state index < -0.39 is 12.1 Å². The number of carbonyl (C=O) groups excluding carboxylic acids is 1. The molecule has 0 unspecified atom stereocenters. The Bertz CT molecular complexity index is 1350. The summed E-state index contributed by atoms with van der Waals surface area (Å²) in [6.45, 7) is 5.55. The number of carboxylic acids is 1. The molecule has 190 valence electrons. The van der Waals surface area contributed by atoms with Crippen molar-refractivity contribution in [3.63, 3.8) is 0 Å². The van der Waals surface area contributed by atoms with E-state index in [2.05, 4.69) is 22.1 Å². The maximum atomic E-state index is 13.2. The Labute approximate surface area is 204 Å². The number of nitrogens with one attached hydrogen (secondary N) is 1. The van der Waals surface area contributed by atoms with Gasteiger partial charge in [0.15, 0.2) is 5.78 Å². The Balaban J connectivity index is 0.000000454. The molecule has 0 atom stereocenters. The summed E-state index contributed by atoms with van der Waals surface area (Å²) < 4.78 is 35.1. The molecule has 0 amide bonds. The molecular weight excluding hydrogens is 479 g/mol. The highest BCUT2D eigenvalue weighted by Crippen LogP contribution is 2.21. The number of halogens is 3. The number of ketones is 1. The molecule has 2 aromatic heterocycles. The van der Waals surface area contributed by atoms with Gasteiger partial charge in [0.25, 0.3) is 5.56 Å². The molecule has 0 aliphatic carbocycles. The van der Waals surface area contributed by atoms with Gasteiger partial charge in [-0.15, -0.1) is 5.92 Å². The van der Waals surface area contributed by atoms with E-state index in [0.29, 0.717) is 23.1 Å². The minimum absolute atomic E-state index is 0.00755. The Morgan fingerprint density at radius 2 is 1.78 bits per heavy atom. The van der Waals surface area contributed by atoms with Gasteiger partial charge in [0.05, 0.1) is 18.6 Å². The quantitative estimate of drug-likeness (QED) is 0.406. The predicted molar refractivity (Wildman–Crippen MR) is 127 cm³/mol. The molecule has 36 heavy (non-hydrogen) atoms. The number of carboxylic acid groups (broad SMARTS) is 1. The minimum atomic E-state index is -5.08. The van der Waals surface area contributed by atoms with Crippen LogP contribution in [-0.2, 0) is 17.9 Å². The van der Waals surface area contributed by atoms with Gasteiger partial charge in [0.2, 0.25) is 5.95 Å². The molecule has 0 bridgehead atoms. The fraction of sp³-hybridized carbons (Fsp3) is 0.333. The van der Waals surface area contributed by atoms with Gasteiger partial charge in [-0.3, -0.25) is 14.2 Å². The van der Waals surface area contributed by atoms with E-state index in [0.717, 1.165) is 32.1 Å². The summed E-state index contributed by atoms with van der Waals surface area (Å²) in [6.07, 6.45) is -3.43. The fourth-order valence-corrected chi connectivity index (χ4v) is 3.57. The van der Waals surface area contributed by atoms with E-state index in [4.69, 9.17) is 14.9 Å². The topological polar surface area (TPSA) is 109 Å². The van der Waals surface area contributed by atoms with E-state index in [1.54, 1.807) is 31.3 Å². The van der Waals surface area contributed by atoms with Crippen molar-refractivity contribution in [2.75, 3.05) is 31.1 Å². The Morgan fingerprint density at radius 1 is 1.14 bits per heavy atom. The van der Waals surface area contributed by atoms with E-state index in [1.807, 2.05) is 22.8 Å². The number of hydrogen-bond donors (Lipinski definition) is 2. The van der Waals surface area contributed by atoms with Gasteiger partial charge < -0.3 is 19.9 Å². The summed E-state index contributed by atoms with van der Waals surface area (Å²) in [5, 5.41) is 10.5. The third kappa shape index (κ3) is 6.31. The smallest absolute Gasteiger partial charge is 0.475 e. The zero-order valence-corrected chi connectivity index (χ0v) is 19.4. The lowest BCUT2D eigenvalue weighted by Crippen LogP contribution is -2.44. The number of Topliss-reactive ketones (excluding diaryl/α,β-unsaturated/α-hetero) is 1. The van der Waals surface area contributed by atoms with Crippen LogP contribution in [0.3, 0.4) is 0 Å². The van der Waals surface area contributed by atoms with E-state index >= 15 is 0 Å². The maximum Gasteiger partial charge on any atom is 0.490 e. The van der Waals surface area contributed by atoms with Gasteiger partial charge in [-0.1, -0.05) is 36.3 Å². The van der Waals surface area contributed by atoms with Crippen LogP contribution in [0.1, 0.15) is 17.3 Å². The number of nitrogens with zero attached hydrogens (tertiary/aromatic N) is 4. The molecule has 0 saturated carbocycles. The Morgan fingerprint density at radius 3 is 2.36 bits per heavy atom. The number of alkyl halides is 3. The summed E-state index contributed by atoms with van der Waals surface area (Å²) in [6, 6.07) is 10.8. The minimum Gasteiger partial charge on any atom is -0.475 e. The zero-order chi connectivity index (χ0) is 26.3. The molecule has 1 aliphatic heterocycles. The SMILES string of the molecule is CC#CCn1c(N2CCNCC2)nc2ccn(CC(=O)c3ccccc3)c(=O)c21.O=C(O)C(F)(F)F. The lowest BCUT2D eigenvalue weighted by atomic mass is 10.1. The van der Waals surface area contributed by atoms with Crippen molar-refractivity contribution in [1.29, 1.82) is 0 Å². The molecular formula is C24H24F3N5O4. The van der Waals surface area contributed by atoms with Crippen molar-refractivity contribution < 1.29 is 27.9 Å². The first-order valence-electron chi connectivity index (χ1n) is 11.0. The van der Waals surface area contributed by atoms with Crippen molar-refractivity contribution in [3.05, 3.63) is 58.5 Å². The first-order chi connectivity index (χ1) is 17.1. The summed E-state index contributed by atoms with van der Waals surface area (Å²) in [7, 11) is 0. The van der Waals surface area contributed by atoms with Gasteiger partial charge >= 0.3 is 12.1 Å². The second kappa shape index (κ2) is 11.5. The van der Waals surface area contributed by atoms with Crippen LogP contribution in [0.2, 0.25) is 0 Å². The van der Waals surface area contributed by atoms with Crippen molar-refractivity contribution in [2.24, 2.45) is 0 Å². The predicted octanol–water partition coefficient (Wildman–Crippen LogP) is 2.15. The standard InChI is InChI=1S/C22H23N5O2.C2HF3O2/c1-2-3-12-27-20-18(24-22(27)25-14-10-23-11-15-25)9-13-26(21(20)29)16-19(28)17-7-5-4-6-8-17;3-2(4,5)1(6)7/h4-9,13,23H,10-12,14-16H2,1H3;(H,6,7). The number of aromatic nitrogens is 3. The molecule has 3 heterocycles. The van der Waals surface area contributed by atoms with E-state index in [1.165, 1.54) is 4.57 Å². The summed E-state index contributed by atoms with van der Waals surface area (Å²) in [5.74, 6) is 3.85. The van der Waals surface area contributed by atoms with E-state index in [9.17, 15) is 22.8 Å². The molecule has 4 rings (SSSR count). The second-order valence-electron chi connectivity index (χ2n) is 7.74. The van der Waals surface area contributed by atoms with Crippen LogP contribution in [-0.4, -0.2) is 63.3 Å². The third-order valence-electron chi connectivity index (χ3n) is 5.32. The molecule has 1 aromatic carbocycles. The highest BCUT2D eigenvalue weighted by molar-refractivity contribution is 5.96. The van der Waals surface area contributed by atoms with Gasteiger partial charge in [0.1, 0.15) is 5.52 Å². The molecule has 0 spiro atoms. The van der Waals surface area contributed by atoms with Gasteiger partial charge in [-0.2, -0.15) is 13.2 Å². The number of aliphatic carboxylic acids is 1. The first-order valence-corrected chi connectivity index (χ1v) is 11.0. The molecule has 0 radical (unpaired) electrons. The zero-order valence-electron chi connectivity index (χ0n) is 19.4.